The van der Waals surface area contributed by atoms with Gasteiger partial charge in [-0.15, -0.1) is 0 Å². The number of anilines is 1. The molecule has 2 rings (SSSR count). The van der Waals surface area contributed by atoms with Crippen molar-refractivity contribution >= 4 is 38.6 Å². The predicted molar refractivity (Wildman–Crippen MR) is 59.7 cm³/mol. The van der Waals surface area contributed by atoms with Gasteiger partial charge >= 0.3 is 5.97 Å². The predicted octanol–water partition coefficient (Wildman–Crippen LogP) is 2.56. The number of carbonyl (C=O) groups excluding carboxylic acids is 1. The Morgan fingerprint density at radius 1 is 1.53 bits per heavy atom. The molecule has 0 unspecified atom stereocenters. The molecular formula is C10H8BrNO3. The molecule has 0 saturated carbocycles. The third-order valence-corrected chi connectivity index (χ3v) is 2.70. The van der Waals surface area contributed by atoms with E-state index in [-0.39, 0.29) is 5.76 Å². The topological polar surface area (TPSA) is 65.5 Å². The van der Waals surface area contributed by atoms with E-state index in [0.29, 0.717) is 16.7 Å². The molecule has 0 saturated heterocycles. The fourth-order valence-corrected chi connectivity index (χ4v) is 1.80. The van der Waals surface area contributed by atoms with Crippen LogP contribution in [0.4, 0.5) is 5.69 Å². The number of benzene rings is 1. The highest BCUT2D eigenvalue weighted by Gasteiger charge is 2.19. The van der Waals surface area contributed by atoms with Gasteiger partial charge in [-0.05, 0) is 28.1 Å². The van der Waals surface area contributed by atoms with Crippen molar-refractivity contribution in [2.45, 2.75) is 0 Å². The van der Waals surface area contributed by atoms with Crippen molar-refractivity contribution in [2.24, 2.45) is 0 Å². The first kappa shape index (κ1) is 10.0. The normalized spacial score (nSPS) is 10.5. The molecule has 5 heteroatoms. The van der Waals surface area contributed by atoms with Gasteiger partial charge in [-0.1, -0.05) is 6.07 Å². The first-order valence-electron chi connectivity index (χ1n) is 4.20. The Kier molecular flexibility index (Phi) is 2.40. The maximum Gasteiger partial charge on any atom is 0.376 e. The summed E-state index contributed by atoms with van der Waals surface area (Å²) in [7, 11) is 1.28. The molecule has 2 aromatic rings. The number of nitrogen functional groups attached to an aromatic ring is 1. The number of nitrogens with two attached hydrogens (primary N) is 1. The summed E-state index contributed by atoms with van der Waals surface area (Å²) in [4.78, 5) is 11.3. The number of carbonyl (C=O) groups is 1. The highest BCUT2D eigenvalue weighted by atomic mass is 79.9. The third-order valence-electron chi connectivity index (χ3n) is 2.08. The number of rotatable bonds is 1. The van der Waals surface area contributed by atoms with E-state index in [9.17, 15) is 4.79 Å². The molecule has 78 valence electrons. The second-order valence-corrected chi connectivity index (χ2v) is 3.81. The molecule has 1 aromatic heterocycles. The number of furan rings is 1. The maximum absolute atomic E-state index is 11.3. The Balaban J connectivity index is 2.75. The standard InChI is InChI=1S/C10H8BrNO3/c1-14-10(13)9-7(12)5-3-2-4-6(11)8(5)15-9/h2-4H,12H2,1H3. The van der Waals surface area contributed by atoms with Crippen LogP contribution < -0.4 is 5.73 Å². The van der Waals surface area contributed by atoms with E-state index < -0.39 is 5.97 Å². The minimum Gasteiger partial charge on any atom is -0.463 e. The van der Waals surface area contributed by atoms with E-state index >= 15 is 0 Å². The fraction of sp³-hybridized carbons (Fsp3) is 0.100. The van der Waals surface area contributed by atoms with Gasteiger partial charge in [0.2, 0.25) is 5.76 Å². The largest absolute Gasteiger partial charge is 0.463 e. The summed E-state index contributed by atoms with van der Waals surface area (Å²) in [5.41, 5.74) is 6.62. The second-order valence-electron chi connectivity index (χ2n) is 2.95. The Labute approximate surface area is 94.1 Å². The number of ether oxygens (including phenoxy) is 1. The maximum atomic E-state index is 11.3. The average molecular weight is 270 g/mol. The van der Waals surface area contributed by atoms with Crippen molar-refractivity contribution in [1.29, 1.82) is 0 Å². The van der Waals surface area contributed by atoms with Gasteiger partial charge in [0.25, 0.3) is 0 Å². The zero-order chi connectivity index (χ0) is 11.0. The van der Waals surface area contributed by atoms with Crippen LogP contribution in [0.3, 0.4) is 0 Å². The Morgan fingerprint density at radius 3 is 2.87 bits per heavy atom. The molecule has 15 heavy (non-hydrogen) atoms. The number of hydrogen-bond acceptors (Lipinski definition) is 4. The molecule has 0 amide bonds. The van der Waals surface area contributed by atoms with Crippen LogP contribution in [0.2, 0.25) is 0 Å². The number of hydrogen-bond donors (Lipinski definition) is 1. The zero-order valence-electron chi connectivity index (χ0n) is 7.91. The summed E-state index contributed by atoms with van der Waals surface area (Å²) in [5.74, 6) is -0.532. The average Bonchev–Trinajstić information content (AvgIpc) is 2.57. The van der Waals surface area contributed by atoms with E-state index in [4.69, 9.17) is 10.2 Å². The van der Waals surface area contributed by atoms with Crippen molar-refractivity contribution in [3.05, 3.63) is 28.4 Å². The van der Waals surface area contributed by atoms with Crippen LogP contribution in [0.25, 0.3) is 11.0 Å². The van der Waals surface area contributed by atoms with Crippen LogP contribution >= 0.6 is 15.9 Å². The van der Waals surface area contributed by atoms with Gasteiger partial charge in [0.05, 0.1) is 17.3 Å². The highest BCUT2D eigenvalue weighted by Crippen LogP contribution is 2.33. The Morgan fingerprint density at radius 2 is 2.27 bits per heavy atom. The smallest absolute Gasteiger partial charge is 0.376 e. The van der Waals surface area contributed by atoms with Crippen molar-refractivity contribution < 1.29 is 13.9 Å². The van der Waals surface area contributed by atoms with Crippen LogP contribution in [0.5, 0.6) is 0 Å². The molecule has 0 bridgehead atoms. The van der Waals surface area contributed by atoms with E-state index in [1.54, 1.807) is 6.07 Å². The van der Waals surface area contributed by atoms with Crippen LogP contribution in [-0.2, 0) is 4.74 Å². The lowest BCUT2D eigenvalue weighted by atomic mass is 10.2. The van der Waals surface area contributed by atoms with Crippen molar-refractivity contribution in [3.63, 3.8) is 0 Å². The van der Waals surface area contributed by atoms with Crippen LogP contribution in [-0.4, -0.2) is 13.1 Å². The first-order chi connectivity index (χ1) is 7.15. The van der Waals surface area contributed by atoms with Crippen LogP contribution in [0, 0.1) is 0 Å². The lowest BCUT2D eigenvalue weighted by Crippen LogP contribution is -2.02. The summed E-state index contributed by atoms with van der Waals surface area (Å²) >= 11 is 3.31. The number of methoxy groups -OCH3 is 1. The van der Waals surface area contributed by atoms with Crippen LogP contribution in [0.1, 0.15) is 10.6 Å². The summed E-state index contributed by atoms with van der Waals surface area (Å²) in [6, 6.07) is 5.41. The minimum absolute atomic E-state index is 0.0411. The molecule has 0 atom stereocenters. The SMILES string of the molecule is COC(=O)c1oc2c(Br)cccc2c1N. The molecule has 2 N–H and O–H groups in total. The molecule has 0 aliphatic carbocycles. The summed E-state index contributed by atoms with van der Waals surface area (Å²) in [6.45, 7) is 0. The Hall–Kier alpha value is -1.49. The van der Waals surface area contributed by atoms with Crippen molar-refractivity contribution in [3.8, 4) is 0 Å². The molecule has 1 aromatic carbocycles. The van der Waals surface area contributed by atoms with E-state index in [2.05, 4.69) is 20.7 Å². The number of para-hydroxylation sites is 1. The van der Waals surface area contributed by atoms with E-state index in [1.807, 2.05) is 12.1 Å². The zero-order valence-corrected chi connectivity index (χ0v) is 9.50. The molecule has 0 fully saturated rings. The lowest BCUT2D eigenvalue weighted by Gasteiger charge is -1.93. The quantitative estimate of drug-likeness (QED) is 0.809. The van der Waals surface area contributed by atoms with Gasteiger partial charge in [0.1, 0.15) is 0 Å². The lowest BCUT2D eigenvalue weighted by molar-refractivity contribution is 0.0569. The first-order valence-corrected chi connectivity index (χ1v) is 4.99. The third kappa shape index (κ3) is 1.48. The Bertz CT molecular complexity index is 533. The van der Waals surface area contributed by atoms with Gasteiger partial charge in [0, 0.05) is 5.39 Å². The summed E-state index contributed by atoms with van der Waals surface area (Å²) in [6.07, 6.45) is 0. The summed E-state index contributed by atoms with van der Waals surface area (Å²) < 4.78 is 10.6. The highest BCUT2D eigenvalue weighted by molar-refractivity contribution is 9.10. The van der Waals surface area contributed by atoms with E-state index in [1.165, 1.54) is 7.11 Å². The molecule has 4 nitrogen and oxygen atoms in total. The minimum atomic E-state index is -0.574. The molecule has 0 radical (unpaired) electrons. The molecule has 0 aliphatic rings. The molecule has 0 spiro atoms. The fourth-order valence-electron chi connectivity index (χ4n) is 1.35. The van der Waals surface area contributed by atoms with E-state index in [0.717, 1.165) is 4.47 Å². The van der Waals surface area contributed by atoms with Gasteiger partial charge in [-0.2, -0.15) is 0 Å². The number of halogens is 1. The number of esters is 1. The second kappa shape index (κ2) is 3.58. The number of fused-ring (bicyclic) bond motifs is 1. The van der Waals surface area contributed by atoms with Crippen molar-refractivity contribution in [2.75, 3.05) is 12.8 Å². The molecular weight excluding hydrogens is 262 g/mol. The summed E-state index contributed by atoms with van der Waals surface area (Å²) in [5, 5.41) is 0.699. The molecule has 1 heterocycles. The van der Waals surface area contributed by atoms with Gasteiger partial charge < -0.3 is 14.9 Å². The van der Waals surface area contributed by atoms with Gasteiger partial charge in [0.15, 0.2) is 5.58 Å². The molecule has 0 aliphatic heterocycles. The van der Waals surface area contributed by atoms with Gasteiger partial charge in [-0.25, -0.2) is 4.79 Å². The van der Waals surface area contributed by atoms with Crippen molar-refractivity contribution in [1.82, 2.24) is 0 Å². The monoisotopic (exact) mass is 269 g/mol. The van der Waals surface area contributed by atoms with Crippen LogP contribution in [0.15, 0.2) is 27.1 Å². The van der Waals surface area contributed by atoms with Gasteiger partial charge in [-0.3, -0.25) is 0 Å².